The molecule has 1 aliphatic rings. The quantitative estimate of drug-likeness (QED) is 0.840. The number of phenols is 1. The number of carbonyl (C=O) groups excluding carboxylic acids is 1. The number of nitrogens with zero attached hydrogens (tertiary/aromatic N) is 2. The van der Waals surface area contributed by atoms with Crippen molar-refractivity contribution < 1.29 is 15.0 Å². The molecule has 1 aliphatic heterocycles. The molecule has 1 aromatic carbocycles. The molecule has 0 saturated carbocycles. The van der Waals surface area contributed by atoms with E-state index in [9.17, 15) is 9.90 Å². The van der Waals surface area contributed by atoms with E-state index in [0.29, 0.717) is 19.5 Å². The van der Waals surface area contributed by atoms with E-state index in [-0.39, 0.29) is 18.3 Å². The van der Waals surface area contributed by atoms with Crippen molar-refractivity contribution in [3.63, 3.8) is 0 Å². The van der Waals surface area contributed by atoms with Crippen LogP contribution in [0.1, 0.15) is 12.0 Å². The lowest BCUT2D eigenvalue weighted by atomic mass is 10.1. The van der Waals surface area contributed by atoms with Crippen LogP contribution in [0.15, 0.2) is 24.3 Å². The number of phenolic OH excluding ortho intramolecular Hbond substituents is 1. The Balaban J connectivity index is 1.89. The number of hydrogen-bond acceptors (Lipinski definition) is 4. The van der Waals surface area contributed by atoms with Crippen LogP contribution in [-0.2, 0) is 11.2 Å². The van der Waals surface area contributed by atoms with E-state index in [1.807, 2.05) is 11.0 Å². The van der Waals surface area contributed by atoms with Gasteiger partial charge in [0, 0.05) is 26.2 Å². The maximum atomic E-state index is 12.3. The van der Waals surface area contributed by atoms with Crippen molar-refractivity contribution in [1.82, 2.24) is 9.80 Å². The third-order valence-electron chi connectivity index (χ3n) is 3.62. The number of aliphatic hydroxyl groups is 1. The lowest BCUT2D eigenvalue weighted by Gasteiger charge is -2.21. The largest absolute Gasteiger partial charge is 0.508 e. The number of amides is 1. The van der Waals surface area contributed by atoms with E-state index in [0.717, 1.165) is 31.6 Å². The summed E-state index contributed by atoms with van der Waals surface area (Å²) in [5.41, 5.74) is 0.839. The Morgan fingerprint density at radius 2 is 2.05 bits per heavy atom. The molecule has 20 heavy (non-hydrogen) atoms. The van der Waals surface area contributed by atoms with Crippen LogP contribution in [0, 0.1) is 0 Å². The van der Waals surface area contributed by atoms with Crippen molar-refractivity contribution in [1.29, 1.82) is 0 Å². The maximum absolute atomic E-state index is 12.3. The summed E-state index contributed by atoms with van der Waals surface area (Å²) in [5, 5.41) is 18.4. The van der Waals surface area contributed by atoms with E-state index in [4.69, 9.17) is 5.11 Å². The monoisotopic (exact) mass is 278 g/mol. The fourth-order valence-electron chi connectivity index (χ4n) is 2.54. The van der Waals surface area contributed by atoms with Gasteiger partial charge in [-0.15, -0.1) is 0 Å². The van der Waals surface area contributed by atoms with Crippen molar-refractivity contribution >= 4 is 5.91 Å². The number of rotatable bonds is 4. The number of benzene rings is 1. The third-order valence-corrected chi connectivity index (χ3v) is 3.62. The SMILES string of the molecule is O=C(Cc1cccc(O)c1)N1CCCN(CCO)CC1. The van der Waals surface area contributed by atoms with Gasteiger partial charge >= 0.3 is 0 Å². The first-order valence-corrected chi connectivity index (χ1v) is 7.08. The van der Waals surface area contributed by atoms with Crippen LogP contribution in [0.3, 0.4) is 0 Å². The zero-order valence-electron chi connectivity index (χ0n) is 11.7. The van der Waals surface area contributed by atoms with Gasteiger partial charge in [-0.3, -0.25) is 9.69 Å². The molecule has 2 rings (SSSR count). The van der Waals surface area contributed by atoms with Gasteiger partial charge in [0.2, 0.25) is 5.91 Å². The second-order valence-corrected chi connectivity index (χ2v) is 5.15. The zero-order chi connectivity index (χ0) is 14.4. The highest BCUT2D eigenvalue weighted by Crippen LogP contribution is 2.13. The second-order valence-electron chi connectivity index (χ2n) is 5.15. The average molecular weight is 278 g/mol. The van der Waals surface area contributed by atoms with Gasteiger partial charge in [-0.25, -0.2) is 0 Å². The fourth-order valence-corrected chi connectivity index (χ4v) is 2.54. The first kappa shape index (κ1) is 14.8. The summed E-state index contributed by atoms with van der Waals surface area (Å²) in [6.07, 6.45) is 1.26. The Morgan fingerprint density at radius 1 is 1.20 bits per heavy atom. The first-order valence-electron chi connectivity index (χ1n) is 7.08. The van der Waals surface area contributed by atoms with Crippen LogP contribution >= 0.6 is 0 Å². The van der Waals surface area contributed by atoms with Crippen molar-refractivity contribution in [2.24, 2.45) is 0 Å². The Kier molecular flexibility index (Phi) is 5.38. The summed E-state index contributed by atoms with van der Waals surface area (Å²) in [6, 6.07) is 6.84. The molecule has 0 atom stereocenters. The minimum atomic E-state index is 0.0986. The lowest BCUT2D eigenvalue weighted by molar-refractivity contribution is -0.130. The maximum Gasteiger partial charge on any atom is 0.227 e. The molecule has 1 aromatic rings. The molecule has 1 fully saturated rings. The Hall–Kier alpha value is -1.59. The second kappa shape index (κ2) is 7.26. The number of β-amino-alcohol motifs (C(OH)–C–C–N with tert-alkyl or cyclic N) is 1. The van der Waals surface area contributed by atoms with Crippen LogP contribution < -0.4 is 0 Å². The van der Waals surface area contributed by atoms with Crippen molar-refractivity contribution in [2.75, 3.05) is 39.3 Å². The number of carbonyl (C=O) groups is 1. The predicted octanol–water partition coefficient (Wildman–Crippen LogP) is 0.461. The molecule has 2 N–H and O–H groups in total. The Morgan fingerprint density at radius 3 is 2.80 bits per heavy atom. The number of aromatic hydroxyl groups is 1. The molecule has 0 radical (unpaired) electrons. The highest BCUT2D eigenvalue weighted by atomic mass is 16.3. The van der Waals surface area contributed by atoms with Gasteiger partial charge < -0.3 is 15.1 Å². The average Bonchev–Trinajstić information content (AvgIpc) is 2.65. The summed E-state index contributed by atoms with van der Waals surface area (Å²) < 4.78 is 0. The van der Waals surface area contributed by atoms with Gasteiger partial charge in [0.25, 0.3) is 0 Å². The van der Waals surface area contributed by atoms with Crippen molar-refractivity contribution in [3.05, 3.63) is 29.8 Å². The number of aliphatic hydroxyl groups excluding tert-OH is 1. The molecule has 0 unspecified atom stereocenters. The minimum absolute atomic E-state index is 0.0986. The zero-order valence-corrected chi connectivity index (χ0v) is 11.7. The molecule has 0 bridgehead atoms. The fraction of sp³-hybridized carbons (Fsp3) is 0.533. The Bertz CT molecular complexity index is 450. The van der Waals surface area contributed by atoms with E-state index < -0.39 is 0 Å². The van der Waals surface area contributed by atoms with Crippen molar-refractivity contribution in [3.8, 4) is 5.75 Å². The normalized spacial score (nSPS) is 16.9. The molecule has 0 aromatic heterocycles. The standard InChI is InChI=1S/C15H22N2O3/c18-10-9-16-5-2-6-17(8-7-16)15(20)12-13-3-1-4-14(19)11-13/h1,3-4,11,18-19H,2,5-10,12H2. The van der Waals surface area contributed by atoms with Crippen LogP contribution in [0.25, 0.3) is 0 Å². The van der Waals surface area contributed by atoms with Crippen LogP contribution in [0.2, 0.25) is 0 Å². The van der Waals surface area contributed by atoms with Gasteiger partial charge in [-0.1, -0.05) is 12.1 Å². The van der Waals surface area contributed by atoms with E-state index >= 15 is 0 Å². The van der Waals surface area contributed by atoms with Gasteiger partial charge in [0.15, 0.2) is 0 Å². The molecule has 1 saturated heterocycles. The summed E-state index contributed by atoms with van der Waals surface area (Å²) >= 11 is 0. The smallest absolute Gasteiger partial charge is 0.227 e. The minimum Gasteiger partial charge on any atom is -0.508 e. The third kappa shape index (κ3) is 4.21. The summed E-state index contributed by atoms with van der Waals surface area (Å²) in [6.45, 7) is 4.05. The van der Waals surface area contributed by atoms with Crippen LogP contribution in [0.4, 0.5) is 0 Å². The van der Waals surface area contributed by atoms with Crippen molar-refractivity contribution in [2.45, 2.75) is 12.8 Å². The molecule has 0 aliphatic carbocycles. The molecular weight excluding hydrogens is 256 g/mol. The molecule has 0 spiro atoms. The molecule has 1 amide bonds. The van der Waals surface area contributed by atoms with Crippen LogP contribution in [0.5, 0.6) is 5.75 Å². The first-order chi connectivity index (χ1) is 9.69. The van der Waals surface area contributed by atoms with Gasteiger partial charge in [-0.2, -0.15) is 0 Å². The molecular formula is C15H22N2O3. The lowest BCUT2D eigenvalue weighted by Crippen LogP contribution is -2.36. The summed E-state index contributed by atoms with van der Waals surface area (Å²) in [5.74, 6) is 0.293. The van der Waals surface area contributed by atoms with Gasteiger partial charge in [0.1, 0.15) is 5.75 Å². The summed E-state index contributed by atoms with van der Waals surface area (Å²) in [4.78, 5) is 16.3. The van der Waals surface area contributed by atoms with Gasteiger partial charge in [0.05, 0.1) is 13.0 Å². The molecule has 5 nitrogen and oxygen atoms in total. The van der Waals surface area contributed by atoms with Crippen LogP contribution in [-0.4, -0.2) is 65.3 Å². The van der Waals surface area contributed by atoms with E-state index in [1.54, 1.807) is 18.2 Å². The topological polar surface area (TPSA) is 64.0 Å². The predicted molar refractivity (Wildman–Crippen MR) is 76.5 cm³/mol. The summed E-state index contributed by atoms with van der Waals surface area (Å²) in [7, 11) is 0. The molecule has 110 valence electrons. The Labute approximate surface area is 119 Å². The highest BCUT2D eigenvalue weighted by Gasteiger charge is 2.18. The highest BCUT2D eigenvalue weighted by molar-refractivity contribution is 5.78. The van der Waals surface area contributed by atoms with E-state index in [1.165, 1.54) is 0 Å². The number of hydrogen-bond donors (Lipinski definition) is 2. The molecule has 5 heteroatoms. The van der Waals surface area contributed by atoms with E-state index in [2.05, 4.69) is 4.90 Å². The molecule has 1 heterocycles. The van der Waals surface area contributed by atoms with Gasteiger partial charge in [-0.05, 0) is 30.7 Å².